The van der Waals surface area contributed by atoms with Crippen LogP contribution in [0.1, 0.15) is 31.2 Å². The minimum atomic E-state index is 0.800. The number of nitrogens with zero attached hydrogens (tertiary/aromatic N) is 3. The van der Waals surface area contributed by atoms with Crippen LogP contribution in [-0.4, -0.2) is 40.9 Å². The molecule has 0 saturated heterocycles. The largest absolute Gasteiger partial charge is 0.313 e. The van der Waals surface area contributed by atoms with Gasteiger partial charge in [-0.15, -0.1) is 0 Å². The van der Waals surface area contributed by atoms with E-state index in [4.69, 9.17) is 0 Å². The molecule has 0 radical (unpaired) electrons. The molecule has 1 aromatic heterocycles. The van der Waals surface area contributed by atoms with Crippen LogP contribution in [0.15, 0.2) is 4.47 Å². The van der Waals surface area contributed by atoms with E-state index in [9.17, 15) is 0 Å². The number of hydrogen-bond acceptors (Lipinski definition) is 3. The third-order valence-corrected chi connectivity index (χ3v) is 4.34. The van der Waals surface area contributed by atoms with Crippen molar-refractivity contribution in [3.8, 4) is 0 Å². The molecule has 1 aromatic rings. The standard InChI is InChI=1S/C13H23BrN4/c1-4-11-13(14)12(18(3)16-11)9-17(2)8-7-15-10-5-6-10/h10,15H,4-9H2,1-3H3. The van der Waals surface area contributed by atoms with Gasteiger partial charge in [0.15, 0.2) is 0 Å². The molecule has 0 bridgehead atoms. The van der Waals surface area contributed by atoms with E-state index < -0.39 is 0 Å². The van der Waals surface area contributed by atoms with E-state index in [0.717, 1.165) is 37.8 Å². The normalized spacial score (nSPS) is 15.6. The Balaban J connectivity index is 1.84. The fraction of sp³-hybridized carbons (Fsp3) is 0.769. The zero-order valence-corrected chi connectivity index (χ0v) is 13.1. The molecule has 18 heavy (non-hydrogen) atoms. The SMILES string of the molecule is CCc1nn(C)c(CN(C)CCNC2CC2)c1Br. The Hall–Kier alpha value is -0.390. The molecule has 0 aromatic carbocycles. The van der Waals surface area contributed by atoms with Crippen molar-refractivity contribution in [2.24, 2.45) is 7.05 Å². The van der Waals surface area contributed by atoms with Crippen LogP contribution in [0.25, 0.3) is 0 Å². The van der Waals surface area contributed by atoms with Gasteiger partial charge in [0, 0.05) is 32.7 Å². The van der Waals surface area contributed by atoms with E-state index in [-0.39, 0.29) is 0 Å². The summed E-state index contributed by atoms with van der Waals surface area (Å²) in [4.78, 5) is 2.34. The lowest BCUT2D eigenvalue weighted by Crippen LogP contribution is -2.30. The quantitative estimate of drug-likeness (QED) is 0.835. The molecule has 1 saturated carbocycles. The minimum Gasteiger partial charge on any atom is -0.313 e. The summed E-state index contributed by atoms with van der Waals surface area (Å²) in [6, 6.07) is 0.800. The Bertz CT molecular complexity index is 398. The van der Waals surface area contributed by atoms with Crippen molar-refractivity contribution >= 4 is 15.9 Å². The summed E-state index contributed by atoms with van der Waals surface area (Å²) in [5.41, 5.74) is 2.41. The number of hydrogen-bond donors (Lipinski definition) is 1. The van der Waals surface area contributed by atoms with Gasteiger partial charge in [0.2, 0.25) is 0 Å². The molecule has 0 unspecified atom stereocenters. The van der Waals surface area contributed by atoms with Crippen LogP contribution in [0.5, 0.6) is 0 Å². The number of aromatic nitrogens is 2. The van der Waals surface area contributed by atoms with Crippen LogP contribution >= 0.6 is 15.9 Å². The van der Waals surface area contributed by atoms with Crippen molar-refractivity contribution in [1.29, 1.82) is 0 Å². The van der Waals surface area contributed by atoms with Gasteiger partial charge in [0.05, 0.1) is 15.9 Å². The van der Waals surface area contributed by atoms with E-state index in [1.165, 1.54) is 23.0 Å². The Morgan fingerprint density at radius 2 is 2.22 bits per heavy atom. The van der Waals surface area contributed by atoms with E-state index in [1.807, 2.05) is 11.7 Å². The zero-order valence-electron chi connectivity index (χ0n) is 11.5. The van der Waals surface area contributed by atoms with Crippen LogP contribution < -0.4 is 5.32 Å². The first kappa shape index (κ1) is 14.0. The molecule has 1 aliphatic rings. The summed E-state index contributed by atoms with van der Waals surface area (Å²) in [5.74, 6) is 0. The van der Waals surface area contributed by atoms with Crippen LogP contribution in [-0.2, 0) is 20.0 Å². The van der Waals surface area contributed by atoms with Gasteiger partial charge >= 0.3 is 0 Å². The van der Waals surface area contributed by atoms with Crippen LogP contribution in [0, 0.1) is 0 Å². The van der Waals surface area contributed by atoms with Crippen molar-refractivity contribution < 1.29 is 0 Å². The second-order valence-electron chi connectivity index (χ2n) is 5.15. The van der Waals surface area contributed by atoms with E-state index in [0.29, 0.717) is 0 Å². The van der Waals surface area contributed by atoms with E-state index in [1.54, 1.807) is 0 Å². The van der Waals surface area contributed by atoms with Gasteiger partial charge in [-0.25, -0.2) is 0 Å². The molecule has 1 aliphatic carbocycles. The Kier molecular flexibility index (Phi) is 4.81. The van der Waals surface area contributed by atoms with Gasteiger partial charge in [0.25, 0.3) is 0 Å². The lowest BCUT2D eigenvalue weighted by molar-refractivity contribution is 0.314. The lowest BCUT2D eigenvalue weighted by Gasteiger charge is -2.17. The molecule has 5 heteroatoms. The fourth-order valence-electron chi connectivity index (χ4n) is 2.07. The maximum Gasteiger partial charge on any atom is 0.0767 e. The highest BCUT2D eigenvalue weighted by molar-refractivity contribution is 9.10. The first-order chi connectivity index (χ1) is 8.61. The molecule has 1 fully saturated rings. The van der Waals surface area contributed by atoms with Gasteiger partial charge in [-0.3, -0.25) is 9.58 Å². The Morgan fingerprint density at radius 1 is 1.50 bits per heavy atom. The Labute approximate surface area is 118 Å². The molecular weight excluding hydrogens is 292 g/mol. The first-order valence-corrected chi connectivity index (χ1v) is 7.53. The minimum absolute atomic E-state index is 0.800. The van der Waals surface area contributed by atoms with Crippen LogP contribution in [0.4, 0.5) is 0 Å². The average Bonchev–Trinajstić information content (AvgIpc) is 3.11. The highest BCUT2D eigenvalue weighted by atomic mass is 79.9. The van der Waals surface area contributed by atoms with Gasteiger partial charge in [-0.2, -0.15) is 5.10 Å². The molecule has 0 atom stereocenters. The topological polar surface area (TPSA) is 33.1 Å². The zero-order chi connectivity index (χ0) is 13.1. The summed E-state index contributed by atoms with van der Waals surface area (Å²) >= 11 is 3.67. The van der Waals surface area contributed by atoms with Crippen molar-refractivity contribution in [1.82, 2.24) is 20.0 Å². The highest BCUT2D eigenvalue weighted by Crippen LogP contribution is 2.22. The molecule has 4 nitrogen and oxygen atoms in total. The molecule has 102 valence electrons. The highest BCUT2D eigenvalue weighted by Gasteiger charge is 2.20. The van der Waals surface area contributed by atoms with Gasteiger partial charge in [-0.1, -0.05) is 6.92 Å². The van der Waals surface area contributed by atoms with Crippen molar-refractivity contribution in [2.45, 2.75) is 38.8 Å². The Morgan fingerprint density at radius 3 is 2.78 bits per heavy atom. The molecule has 0 aliphatic heterocycles. The van der Waals surface area contributed by atoms with E-state index in [2.05, 4.69) is 45.2 Å². The summed E-state index contributed by atoms with van der Waals surface area (Å²) < 4.78 is 3.17. The van der Waals surface area contributed by atoms with Crippen LogP contribution in [0.3, 0.4) is 0 Å². The predicted molar refractivity (Wildman–Crippen MR) is 77.6 cm³/mol. The summed E-state index contributed by atoms with van der Waals surface area (Å²) in [7, 11) is 4.19. The fourth-order valence-corrected chi connectivity index (χ4v) is 2.81. The number of halogens is 1. The summed E-state index contributed by atoms with van der Waals surface area (Å²) in [6.45, 7) is 5.24. The van der Waals surface area contributed by atoms with Crippen molar-refractivity contribution in [2.75, 3.05) is 20.1 Å². The third-order valence-electron chi connectivity index (χ3n) is 3.43. The van der Waals surface area contributed by atoms with Gasteiger partial charge in [0.1, 0.15) is 0 Å². The monoisotopic (exact) mass is 314 g/mol. The molecule has 2 rings (SSSR count). The van der Waals surface area contributed by atoms with E-state index >= 15 is 0 Å². The second kappa shape index (κ2) is 6.17. The van der Waals surface area contributed by atoms with Crippen molar-refractivity contribution in [3.63, 3.8) is 0 Å². The average molecular weight is 315 g/mol. The molecular formula is C13H23BrN4. The number of likely N-dealkylation sites (N-methyl/N-ethyl adjacent to an activating group) is 1. The predicted octanol–water partition coefficient (Wildman–Crippen LogP) is 1.93. The number of nitrogens with one attached hydrogen (secondary N) is 1. The maximum absolute atomic E-state index is 4.53. The number of aryl methyl sites for hydroxylation is 2. The smallest absolute Gasteiger partial charge is 0.0767 e. The molecule has 1 N–H and O–H groups in total. The first-order valence-electron chi connectivity index (χ1n) is 6.74. The van der Waals surface area contributed by atoms with Crippen molar-refractivity contribution in [3.05, 3.63) is 15.9 Å². The third kappa shape index (κ3) is 3.56. The van der Waals surface area contributed by atoms with Crippen LogP contribution in [0.2, 0.25) is 0 Å². The maximum atomic E-state index is 4.53. The summed E-state index contributed by atoms with van der Waals surface area (Å²) in [5, 5.41) is 8.07. The second-order valence-corrected chi connectivity index (χ2v) is 5.94. The van der Waals surface area contributed by atoms with Gasteiger partial charge < -0.3 is 5.32 Å². The number of rotatable bonds is 7. The molecule has 1 heterocycles. The lowest BCUT2D eigenvalue weighted by atomic mass is 10.3. The molecule has 0 spiro atoms. The molecule has 0 amide bonds. The summed E-state index contributed by atoms with van der Waals surface area (Å²) in [6.07, 6.45) is 3.69. The van der Waals surface area contributed by atoms with Gasteiger partial charge in [-0.05, 0) is 42.2 Å².